The second kappa shape index (κ2) is 4.98. The smallest absolute Gasteiger partial charge is 0.271 e. The minimum Gasteiger partial charge on any atom is -0.285 e. The molecule has 1 aromatic rings. The highest BCUT2D eigenvalue weighted by Crippen LogP contribution is 2.23. The normalized spacial score (nSPS) is 10.4. The van der Waals surface area contributed by atoms with Gasteiger partial charge in [-0.15, -0.1) is 0 Å². The molecule has 0 heterocycles. The van der Waals surface area contributed by atoms with Crippen LogP contribution in [0.15, 0.2) is 24.3 Å². The number of anilines is 1. The lowest BCUT2D eigenvalue weighted by atomic mass is 10.2. The number of benzene rings is 1. The van der Waals surface area contributed by atoms with Crippen molar-refractivity contribution in [3.8, 4) is 0 Å². The standard InChI is InChI=1S/C10H13ClN2O2/c1-8(2)7-12(11)9-4-3-5-10(6-9)13(14)15/h3-6,8H,7H2,1-2H3. The van der Waals surface area contributed by atoms with Gasteiger partial charge >= 0.3 is 0 Å². The number of nitro groups is 1. The van der Waals surface area contributed by atoms with Crippen molar-refractivity contribution in [3.63, 3.8) is 0 Å². The average molecular weight is 229 g/mol. The fourth-order valence-corrected chi connectivity index (χ4v) is 1.56. The van der Waals surface area contributed by atoms with Gasteiger partial charge < -0.3 is 0 Å². The highest BCUT2D eigenvalue weighted by Gasteiger charge is 2.10. The van der Waals surface area contributed by atoms with E-state index in [0.29, 0.717) is 18.2 Å². The molecule has 1 rings (SSSR count). The van der Waals surface area contributed by atoms with E-state index >= 15 is 0 Å². The molecule has 0 saturated carbocycles. The summed E-state index contributed by atoms with van der Waals surface area (Å²) >= 11 is 5.99. The van der Waals surface area contributed by atoms with E-state index in [1.807, 2.05) is 13.8 Å². The molecule has 0 aliphatic carbocycles. The van der Waals surface area contributed by atoms with Crippen molar-refractivity contribution >= 4 is 23.2 Å². The molecule has 0 aliphatic rings. The Bertz CT molecular complexity index is 355. The van der Waals surface area contributed by atoms with E-state index in [-0.39, 0.29) is 5.69 Å². The van der Waals surface area contributed by atoms with Crippen molar-refractivity contribution in [2.75, 3.05) is 11.0 Å². The molecule has 0 amide bonds. The van der Waals surface area contributed by atoms with Crippen LogP contribution in [0.4, 0.5) is 11.4 Å². The van der Waals surface area contributed by atoms with E-state index in [1.54, 1.807) is 12.1 Å². The molecule has 0 fully saturated rings. The van der Waals surface area contributed by atoms with E-state index in [4.69, 9.17) is 11.8 Å². The summed E-state index contributed by atoms with van der Waals surface area (Å²) < 4.78 is 1.50. The van der Waals surface area contributed by atoms with Crippen LogP contribution in [0.5, 0.6) is 0 Å². The first-order chi connectivity index (χ1) is 7.00. The molecular weight excluding hydrogens is 216 g/mol. The van der Waals surface area contributed by atoms with Gasteiger partial charge in [-0.25, -0.2) is 0 Å². The number of non-ortho nitro benzene ring substituents is 1. The highest BCUT2D eigenvalue weighted by molar-refractivity contribution is 6.25. The molecule has 0 atom stereocenters. The van der Waals surface area contributed by atoms with E-state index in [9.17, 15) is 10.1 Å². The second-order valence-electron chi connectivity index (χ2n) is 3.72. The zero-order valence-electron chi connectivity index (χ0n) is 8.68. The third kappa shape index (κ3) is 3.40. The lowest BCUT2D eigenvalue weighted by Crippen LogP contribution is -2.16. The largest absolute Gasteiger partial charge is 0.285 e. The predicted molar refractivity (Wildman–Crippen MR) is 61.1 cm³/mol. The fourth-order valence-electron chi connectivity index (χ4n) is 1.18. The van der Waals surface area contributed by atoms with Crippen molar-refractivity contribution < 1.29 is 4.92 Å². The number of hydrogen-bond acceptors (Lipinski definition) is 3. The molecule has 4 nitrogen and oxygen atoms in total. The second-order valence-corrected chi connectivity index (χ2v) is 4.12. The zero-order chi connectivity index (χ0) is 11.4. The molecule has 5 heteroatoms. The number of nitrogens with zero attached hydrogens (tertiary/aromatic N) is 2. The van der Waals surface area contributed by atoms with Crippen LogP contribution in [-0.2, 0) is 0 Å². The fraction of sp³-hybridized carbons (Fsp3) is 0.400. The van der Waals surface area contributed by atoms with E-state index in [0.717, 1.165) is 0 Å². The summed E-state index contributed by atoms with van der Waals surface area (Å²) in [6.45, 7) is 4.72. The van der Waals surface area contributed by atoms with Crippen LogP contribution < -0.4 is 4.42 Å². The third-order valence-corrected chi connectivity index (χ3v) is 2.18. The summed E-state index contributed by atoms with van der Waals surface area (Å²) in [4.78, 5) is 10.1. The maximum absolute atomic E-state index is 10.5. The minimum absolute atomic E-state index is 0.0573. The number of hydrogen-bond donors (Lipinski definition) is 0. The van der Waals surface area contributed by atoms with Crippen molar-refractivity contribution in [3.05, 3.63) is 34.4 Å². The van der Waals surface area contributed by atoms with Crippen LogP contribution >= 0.6 is 11.8 Å². The van der Waals surface area contributed by atoms with Crippen molar-refractivity contribution in [2.24, 2.45) is 5.92 Å². The summed E-state index contributed by atoms with van der Waals surface area (Å²) in [5.74, 6) is 0.404. The predicted octanol–water partition coefficient (Wildman–Crippen LogP) is 3.21. The van der Waals surface area contributed by atoms with Crippen LogP contribution in [0.25, 0.3) is 0 Å². The molecule has 0 bridgehead atoms. The Labute approximate surface area is 93.7 Å². The van der Waals surface area contributed by atoms with Crippen LogP contribution in [0.1, 0.15) is 13.8 Å². The first-order valence-corrected chi connectivity index (χ1v) is 5.02. The Morgan fingerprint density at radius 2 is 2.20 bits per heavy atom. The Hall–Kier alpha value is -1.29. The van der Waals surface area contributed by atoms with E-state index in [2.05, 4.69) is 0 Å². The molecule has 0 unspecified atom stereocenters. The maximum atomic E-state index is 10.5. The van der Waals surface area contributed by atoms with Gasteiger partial charge in [0.25, 0.3) is 5.69 Å². The van der Waals surface area contributed by atoms with Crippen molar-refractivity contribution in [2.45, 2.75) is 13.8 Å². The van der Waals surface area contributed by atoms with Gasteiger partial charge in [0.05, 0.1) is 10.6 Å². The van der Waals surface area contributed by atoms with Crippen LogP contribution in [-0.4, -0.2) is 11.5 Å². The molecule has 0 radical (unpaired) electrons. The van der Waals surface area contributed by atoms with Gasteiger partial charge in [-0.2, -0.15) is 0 Å². The van der Waals surface area contributed by atoms with E-state index < -0.39 is 4.92 Å². The molecule has 0 spiro atoms. The summed E-state index contributed by atoms with van der Waals surface area (Å²) in [7, 11) is 0. The number of nitro benzene ring substituents is 1. The molecule has 82 valence electrons. The van der Waals surface area contributed by atoms with Gasteiger partial charge in [0.1, 0.15) is 0 Å². The van der Waals surface area contributed by atoms with Gasteiger partial charge in [-0.3, -0.25) is 14.5 Å². The van der Waals surface area contributed by atoms with Crippen molar-refractivity contribution in [1.29, 1.82) is 0 Å². The van der Waals surface area contributed by atoms with Gasteiger partial charge in [0, 0.05) is 30.5 Å². The maximum Gasteiger partial charge on any atom is 0.271 e. The van der Waals surface area contributed by atoms with Crippen molar-refractivity contribution in [1.82, 2.24) is 0 Å². The van der Waals surface area contributed by atoms with Gasteiger partial charge in [0.2, 0.25) is 0 Å². The lowest BCUT2D eigenvalue weighted by molar-refractivity contribution is -0.384. The number of halogens is 1. The first kappa shape index (κ1) is 11.8. The molecular formula is C10H13ClN2O2. The molecule has 15 heavy (non-hydrogen) atoms. The van der Waals surface area contributed by atoms with Crippen LogP contribution in [0.3, 0.4) is 0 Å². The molecule has 0 saturated heterocycles. The summed E-state index contributed by atoms with van der Waals surface area (Å²) in [5.41, 5.74) is 0.710. The monoisotopic (exact) mass is 228 g/mol. The summed E-state index contributed by atoms with van der Waals surface area (Å²) in [6, 6.07) is 6.30. The Kier molecular flexibility index (Phi) is 3.91. The Morgan fingerprint density at radius 3 is 2.73 bits per heavy atom. The third-order valence-electron chi connectivity index (χ3n) is 1.85. The van der Waals surface area contributed by atoms with Gasteiger partial charge in [0.15, 0.2) is 0 Å². The highest BCUT2D eigenvalue weighted by atomic mass is 35.5. The lowest BCUT2D eigenvalue weighted by Gasteiger charge is -2.17. The average Bonchev–Trinajstić information content (AvgIpc) is 2.17. The topological polar surface area (TPSA) is 46.4 Å². The van der Waals surface area contributed by atoms with Crippen LogP contribution in [0.2, 0.25) is 0 Å². The summed E-state index contributed by atoms with van der Waals surface area (Å²) in [5, 5.41) is 10.5. The molecule has 0 aliphatic heterocycles. The van der Waals surface area contributed by atoms with E-state index in [1.165, 1.54) is 16.6 Å². The minimum atomic E-state index is -0.427. The quantitative estimate of drug-likeness (QED) is 0.452. The van der Waals surface area contributed by atoms with Crippen LogP contribution in [0, 0.1) is 16.0 Å². The first-order valence-electron chi connectivity index (χ1n) is 4.68. The molecule has 0 N–H and O–H groups in total. The Morgan fingerprint density at radius 1 is 1.53 bits per heavy atom. The van der Waals surface area contributed by atoms with Gasteiger partial charge in [-0.05, 0) is 12.0 Å². The number of rotatable bonds is 4. The molecule has 1 aromatic carbocycles. The van der Waals surface area contributed by atoms with Gasteiger partial charge in [-0.1, -0.05) is 19.9 Å². The SMILES string of the molecule is CC(C)CN(Cl)c1cccc([N+](=O)[O-])c1. The summed E-state index contributed by atoms with van der Waals surface area (Å²) in [6.07, 6.45) is 0. The Balaban J connectivity index is 2.85. The molecule has 0 aromatic heterocycles. The zero-order valence-corrected chi connectivity index (χ0v) is 9.44.